The highest BCUT2D eigenvalue weighted by Gasteiger charge is 2.39. The summed E-state index contributed by atoms with van der Waals surface area (Å²) in [5.41, 5.74) is 1.58. The van der Waals surface area contributed by atoms with E-state index < -0.39 is 8.32 Å². The largest absolute Gasteiger partial charge is 0.407 e. The third-order valence-electron chi connectivity index (χ3n) is 4.05. The van der Waals surface area contributed by atoms with Crippen LogP contribution >= 0.6 is 0 Å². The van der Waals surface area contributed by atoms with Gasteiger partial charge in [-0.3, -0.25) is 0 Å². The minimum Gasteiger partial charge on any atom is -0.407 e. The standard InChI is InChI=1S/C15H23N3O2Si/c1-11(20-21(5,6)15(2,3)4)14-16-9-12(10-17-14)13-7-8-19-18-13/h7-11H,1-6H3/t11-/m1/s1. The lowest BCUT2D eigenvalue weighted by atomic mass is 10.2. The summed E-state index contributed by atoms with van der Waals surface area (Å²) in [6.07, 6.45) is 4.93. The quantitative estimate of drug-likeness (QED) is 0.792. The smallest absolute Gasteiger partial charge is 0.193 e. The molecule has 2 aromatic rings. The van der Waals surface area contributed by atoms with Gasteiger partial charge in [-0.05, 0) is 25.1 Å². The summed E-state index contributed by atoms with van der Waals surface area (Å²) in [5.74, 6) is 0.701. The average Bonchev–Trinajstić information content (AvgIpc) is 2.91. The van der Waals surface area contributed by atoms with E-state index in [-0.39, 0.29) is 11.1 Å². The van der Waals surface area contributed by atoms with E-state index in [1.54, 1.807) is 18.5 Å². The molecule has 0 aliphatic rings. The molecule has 0 radical (unpaired) electrons. The fraction of sp³-hybridized carbons (Fsp3) is 0.533. The molecule has 0 aliphatic heterocycles. The summed E-state index contributed by atoms with van der Waals surface area (Å²) in [7, 11) is -1.82. The molecule has 0 unspecified atom stereocenters. The monoisotopic (exact) mass is 305 g/mol. The van der Waals surface area contributed by atoms with Crippen LogP contribution in [0.4, 0.5) is 0 Å². The van der Waals surface area contributed by atoms with Crippen LogP contribution in [-0.4, -0.2) is 23.4 Å². The van der Waals surface area contributed by atoms with Crippen LogP contribution in [0, 0.1) is 0 Å². The van der Waals surface area contributed by atoms with E-state index in [9.17, 15) is 0 Å². The van der Waals surface area contributed by atoms with Gasteiger partial charge < -0.3 is 8.95 Å². The molecule has 0 aromatic carbocycles. The van der Waals surface area contributed by atoms with Crippen LogP contribution in [0.1, 0.15) is 39.6 Å². The molecular weight excluding hydrogens is 282 g/mol. The maximum Gasteiger partial charge on any atom is 0.193 e. The summed E-state index contributed by atoms with van der Waals surface area (Å²) in [6.45, 7) is 13.1. The molecule has 0 fully saturated rings. The Labute approximate surface area is 126 Å². The van der Waals surface area contributed by atoms with E-state index in [2.05, 4.69) is 49.0 Å². The Bertz CT molecular complexity index is 574. The van der Waals surface area contributed by atoms with Gasteiger partial charge in [0.1, 0.15) is 18.1 Å². The van der Waals surface area contributed by atoms with E-state index in [1.165, 1.54) is 6.26 Å². The predicted molar refractivity (Wildman–Crippen MR) is 84.2 cm³/mol. The predicted octanol–water partition coefficient (Wildman–Crippen LogP) is 4.21. The highest BCUT2D eigenvalue weighted by molar-refractivity contribution is 6.74. The number of nitrogens with zero attached hydrogens (tertiary/aromatic N) is 3. The first-order valence-electron chi connectivity index (χ1n) is 7.11. The molecule has 1 atom stereocenters. The lowest BCUT2D eigenvalue weighted by Gasteiger charge is -2.38. The zero-order valence-corrected chi connectivity index (χ0v) is 14.5. The molecule has 21 heavy (non-hydrogen) atoms. The minimum atomic E-state index is -1.82. The highest BCUT2D eigenvalue weighted by atomic mass is 28.4. The fourth-order valence-corrected chi connectivity index (χ4v) is 3.06. The minimum absolute atomic E-state index is 0.114. The second-order valence-electron chi connectivity index (χ2n) is 6.74. The maximum atomic E-state index is 6.30. The molecule has 0 saturated carbocycles. The van der Waals surface area contributed by atoms with Crippen LogP contribution in [0.5, 0.6) is 0 Å². The summed E-state index contributed by atoms with van der Waals surface area (Å²) in [4.78, 5) is 8.81. The Kier molecular flexibility index (Phi) is 4.29. The molecular formula is C15H23N3O2Si. The van der Waals surface area contributed by atoms with Gasteiger partial charge in [-0.2, -0.15) is 0 Å². The molecule has 5 nitrogen and oxygen atoms in total. The van der Waals surface area contributed by atoms with Crippen LogP contribution in [-0.2, 0) is 4.43 Å². The number of hydrogen-bond acceptors (Lipinski definition) is 5. The van der Waals surface area contributed by atoms with Crippen molar-refractivity contribution in [2.75, 3.05) is 0 Å². The van der Waals surface area contributed by atoms with Crippen LogP contribution in [0.25, 0.3) is 11.3 Å². The van der Waals surface area contributed by atoms with Gasteiger partial charge in [0.15, 0.2) is 14.1 Å². The first-order valence-corrected chi connectivity index (χ1v) is 10.0. The Hall–Kier alpha value is -1.53. The molecule has 2 aromatic heterocycles. The van der Waals surface area contributed by atoms with Gasteiger partial charge in [0.25, 0.3) is 0 Å². The Morgan fingerprint density at radius 1 is 1.19 bits per heavy atom. The molecule has 0 amide bonds. The third kappa shape index (κ3) is 3.57. The third-order valence-corrected chi connectivity index (χ3v) is 8.60. The van der Waals surface area contributed by atoms with Crippen molar-refractivity contribution in [2.24, 2.45) is 0 Å². The van der Waals surface area contributed by atoms with Gasteiger partial charge in [0.2, 0.25) is 0 Å². The topological polar surface area (TPSA) is 61.0 Å². The fourth-order valence-electron chi connectivity index (χ4n) is 1.71. The Morgan fingerprint density at radius 2 is 1.81 bits per heavy atom. The first kappa shape index (κ1) is 15.8. The van der Waals surface area contributed by atoms with E-state index in [0.717, 1.165) is 11.3 Å². The second kappa shape index (κ2) is 5.69. The molecule has 2 rings (SSSR count). The molecule has 6 heteroatoms. The van der Waals surface area contributed by atoms with Crippen LogP contribution in [0.2, 0.25) is 18.1 Å². The van der Waals surface area contributed by atoms with Crippen LogP contribution < -0.4 is 0 Å². The van der Waals surface area contributed by atoms with E-state index >= 15 is 0 Å². The highest BCUT2D eigenvalue weighted by Crippen LogP contribution is 2.39. The first-order chi connectivity index (χ1) is 9.71. The van der Waals surface area contributed by atoms with Crippen molar-refractivity contribution >= 4 is 8.32 Å². The lowest BCUT2D eigenvalue weighted by molar-refractivity contribution is 0.193. The normalized spacial score (nSPS) is 14.2. The maximum absolute atomic E-state index is 6.30. The van der Waals surface area contributed by atoms with Crippen molar-refractivity contribution in [1.82, 2.24) is 15.1 Å². The Balaban J connectivity index is 2.12. The van der Waals surface area contributed by atoms with Gasteiger partial charge in [-0.1, -0.05) is 25.9 Å². The van der Waals surface area contributed by atoms with E-state index in [1.807, 2.05) is 6.92 Å². The molecule has 0 bridgehead atoms. The Morgan fingerprint density at radius 3 is 2.29 bits per heavy atom. The lowest BCUT2D eigenvalue weighted by Crippen LogP contribution is -2.41. The molecule has 2 heterocycles. The summed E-state index contributed by atoms with van der Waals surface area (Å²) in [5, 5.41) is 4.04. The zero-order chi connectivity index (χ0) is 15.7. The average molecular weight is 305 g/mol. The second-order valence-corrected chi connectivity index (χ2v) is 11.5. The van der Waals surface area contributed by atoms with Gasteiger partial charge in [0.05, 0.1) is 0 Å². The van der Waals surface area contributed by atoms with Crippen LogP contribution in [0.15, 0.2) is 29.2 Å². The number of hydrogen-bond donors (Lipinski definition) is 0. The summed E-state index contributed by atoms with van der Waals surface area (Å²) < 4.78 is 11.1. The van der Waals surface area contributed by atoms with Gasteiger partial charge in [-0.25, -0.2) is 9.97 Å². The zero-order valence-electron chi connectivity index (χ0n) is 13.5. The van der Waals surface area contributed by atoms with Crippen molar-refractivity contribution in [2.45, 2.75) is 51.9 Å². The van der Waals surface area contributed by atoms with Gasteiger partial charge >= 0.3 is 0 Å². The number of aromatic nitrogens is 3. The SMILES string of the molecule is C[C@@H](O[Si](C)(C)C(C)(C)C)c1ncc(-c2ccon2)cn1. The van der Waals surface area contributed by atoms with Crippen molar-refractivity contribution in [3.8, 4) is 11.3 Å². The summed E-state index contributed by atoms with van der Waals surface area (Å²) >= 11 is 0. The number of rotatable bonds is 4. The van der Waals surface area contributed by atoms with E-state index in [0.29, 0.717) is 5.82 Å². The van der Waals surface area contributed by atoms with Crippen LogP contribution in [0.3, 0.4) is 0 Å². The van der Waals surface area contributed by atoms with Gasteiger partial charge in [0, 0.05) is 24.0 Å². The molecule has 0 N–H and O–H groups in total. The molecule has 0 spiro atoms. The van der Waals surface area contributed by atoms with Crippen molar-refractivity contribution < 1.29 is 8.95 Å². The van der Waals surface area contributed by atoms with Crippen molar-refractivity contribution in [3.63, 3.8) is 0 Å². The molecule has 0 saturated heterocycles. The molecule has 0 aliphatic carbocycles. The van der Waals surface area contributed by atoms with Gasteiger partial charge in [-0.15, -0.1) is 0 Å². The van der Waals surface area contributed by atoms with E-state index in [4.69, 9.17) is 8.95 Å². The van der Waals surface area contributed by atoms with Crippen molar-refractivity contribution in [1.29, 1.82) is 0 Å². The van der Waals surface area contributed by atoms with Crippen molar-refractivity contribution in [3.05, 3.63) is 30.5 Å². The molecule has 114 valence electrons. The summed E-state index contributed by atoms with van der Waals surface area (Å²) in [6, 6.07) is 1.79.